The average Bonchev–Trinajstić information content (AvgIpc) is 2.84. The summed E-state index contributed by atoms with van der Waals surface area (Å²) in [4.78, 5) is 18.6. The molecule has 1 aromatic carbocycles. The van der Waals surface area contributed by atoms with Crippen LogP contribution in [0.3, 0.4) is 0 Å². The van der Waals surface area contributed by atoms with Crippen molar-refractivity contribution >= 4 is 22.9 Å². The average molecular weight is 289 g/mol. The molecule has 2 rings (SSSR count). The number of aromatic nitrogens is 1. The Labute approximate surface area is 123 Å². The number of rotatable bonds is 5. The summed E-state index contributed by atoms with van der Waals surface area (Å²) in [6, 6.07) is 7.65. The van der Waals surface area contributed by atoms with Gasteiger partial charge in [0, 0.05) is 24.2 Å². The number of benzene rings is 1. The first-order chi connectivity index (χ1) is 9.60. The molecule has 0 atom stereocenters. The lowest BCUT2D eigenvalue weighted by molar-refractivity contribution is 0.0738. The van der Waals surface area contributed by atoms with Crippen LogP contribution in [0, 0.1) is 6.92 Å². The van der Waals surface area contributed by atoms with Crippen molar-refractivity contribution in [3.8, 4) is 0 Å². The van der Waals surface area contributed by atoms with Crippen LogP contribution in [0.5, 0.6) is 0 Å². The van der Waals surface area contributed by atoms with E-state index in [1.807, 2.05) is 41.5 Å². The number of nitrogens with zero attached hydrogens (tertiary/aromatic N) is 2. The molecule has 0 radical (unpaired) electrons. The van der Waals surface area contributed by atoms with Crippen LogP contribution in [0.15, 0.2) is 29.6 Å². The number of hydrogen-bond donors (Lipinski definition) is 1. The second-order valence-corrected chi connectivity index (χ2v) is 5.79. The highest BCUT2D eigenvalue weighted by Gasteiger charge is 2.17. The summed E-state index contributed by atoms with van der Waals surface area (Å²) in [5.74, 6) is -0.0152. The van der Waals surface area contributed by atoms with Gasteiger partial charge in [-0.15, -0.1) is 11.3 Å². The molecule has 1 aromatic heterocycles. The van der Waals surface area contributed by atoms with Crippen molar-refractivity contribution in [2.45, 2.75) is 26.8 Å². The number of amides is 1. The Hall–Kier alpha value is -1.88. The molecule has 5 heteroatoms. The molecule has 0 saturated heterocycles. The van der Waals surface area contributed by atoms with Crippen LogP contribution in [0.25, 0.3) is 0 Å². The van der Waals surface area contributed by atoms with Crippen molar-refractivity contribution in [2.24, 2.45) is 0 Å². The summed E-state index contributed by atoms with van der Waals surface area (Å²) in [6.45, 7) is 5.24. The van der Waals surface area contributed by atoms with E-state index < -0.39 is 0 Å². The van der Waals surface area contributed by atoms with Gasteiger partial charge >= 0.3 is 0 Å². The summed E-state index contributed by atoms with van der Waals surface area (Å²) in [5, 5.41) is 2.73. The minimum Gasteiger partial charge on any atom is -0.399 e. The van der Waals surface area contributed by atoms with Crippen molar-refractivity contribution in [2.75, 3.05) is 12.3 Å². The van der Waals surface area contributed by atoms with Gasteiger partial charge < -0.3 is 10.6 Å². The molecule has 0 unspecified atom stereocenters. The molecule has 2 N–H and O–H groups in total. The van der Waals surface area contributed by atoms with Gasteiger partial charge in [-0.05, 0) is 31.0 Å². The smallest absolute Gasteiger partial charge is 0.273 e. The highest BCUT2D eigenvalue weighted by Crippen LogP contribution is 2.15. The lowest BCUT2D eigenvalue weighted by Crippen LogP contribution is -2.31. The van der Waals surface area contributed by atoms with E-state index in [1.165, 1.54) is 11.3 Å². The molecule has 1 heterocycles. The van der Waals surface area contributed by atoms with E-state index in [2.05, 4.69) is 11.9 Å². The first kappa shape index (κ1) is 14.5. The second kappa shape index (κ2) is 6.52. The van der Waals surface area contributed by atoms with E-state index >= 15 is 0 Å². The number of aryl methyl sites for hydroxylation is 1. The Kier molecular flexibility index (Phi) is 4.74. The molecule has 2 aromatic rings. The van der Waals surface area contributed by atoms with Gasteiger partial charge in [0.15, 0.2) is 0 Å². The second-order valence-electron chi connectivity index (χ2n) is 4.72. The van der Waals surface area contributed by atoms with Crippen LogP contribution in [-0.2, 0) is 6.54 Å². The van der Waals surface area contributed by atoms with Crippen LogP contribution in [0.4, 0.5) is 5.69 Å². The molecule has 0 spiro atoms. The lowest BCUT2D eigenvalue weighted by atomic mass is 10.2. The molecule has 4 nitrogen and oxygen atoms in total. The SMILES string of the molecule is CCCN(Cc1cccc(N)c1)C(=O)c1csc(C)n1. The van der Waals surface area contributed by atoms with Gasteiger partial charge in [0.1, 0.15) is 5.69 Å². The molecular weight excluding hydrogens is 270 g/mol. The summed E-state index contributed by atoms with van der Waals surface area (Å²) in [5.41, 5.74) is 8.08. The van der Waals surface area contributed by atoms with E-state index in [0.717, 1.165) is 22.7 Å². The van der Waals surface area contributed by atoms with Gasteiger partial charge in [0.05, 0.1) is 5.01 Å². The van der Waals surface area contributed by atoms with E-state index in [9.17, 15) is 4.79 Å². The van der Waals surface area contributed by atoms with Gasteiger partial charge in [-0.1, -0.05) is 19.1 Å². The van der Waals surface area contributed by atoms with Gasteiger partial charge in [0.25, 0.3) is 5.91 Å². The molecule has 0 fully saturated rings. The summed E-state index contributed by atoms with van der Waals surface area (Å²) in [7, 11) is 0. The summed E-state index contributed by atoms with van der Waals surface area (Å²) in [6.07, 6.45) is 0.914. The molecule has 20 heavy (non-hydrogen) atoms. The molecule has 0 saturated carbocycles. The van der Waals surface area contributed by atoms with Crippen LogP contribution in [0.1, 0.15) is 34.4 Å². The van der Waals surface area contributed by atoms with Crippen molar-refractivity contribution < 1.29 is 4.79 Å². The van der Waals surface area contributed by atoms with Gasteiger partial charge in [0.2, 0.25) is 0 Å². The number of nitrogen functional groups attached to an aromatic ring is 1. The Morgan fingerprint density at radius 3 is 2.85 bits per heavy atom. The predicted octanol–water partition coefficient (Wildman–Crippen LogP) is 3.09. The Morgan fingerprint density at radius 2 is 2.25 bits per heavy atom. The topological polar surface area (TPSA) is 59.2 Å². The number of anilines is 1. The van der Waals surface area contributed by atoms with E-state index in [0.29, 0.717) is 18.8 Å². The first-order valence-electron chi connectivity index (χ1n) is 6.66. The highest BCUT2D eigenvalue weighted by atomic mass is 32.1. The summed E-state index contributed by atoms with van der Waals surface area (Å²) >= 11 is 1.50. The van der Waals surface area contributed by atoms with Crippen LogP contribution >= 0.6 is 11.3 Å². The zero-order valence-electron chi connectivity index (χ0n) is 11.8. The van der Waals surface area contributed by atoms with Gasteiger partial charge in [-0.2, -0.15) is 0 Å². The fraction of sp³-hybridized carbons (Fsp3) is 0.333. The molecule has 0 aliphatic carbocycles. The largest absolute Gasteiger partial charge is 0.399 e. The van der Waals surface area contributed by atoms with Crippen molar-refractivity contribution in [1.82, 2.24) is 9.88 Å². The third kappa shape index (κ3) is 3.57. The number of carbonyl (C=O) groups is 1. The van der Waals surface area contributed by atoms with E-state index in [-0.39, 0.29) is 5.91 Å². The molecule has 0 aliphatic heterocycles. The third-order valence-corrected chi connectivity index (χ3v) is 3.72. The molecule has 0 bridgehead atoms. The first-order valence-corrected chi connectivity index (χ1v) is 7.54. The van der Waals surface area contributed by atoms with E-state index in [1.54, 1.807) is 0 Å². The maximum Gasteiger partial charge on any atom is 0.273 e. The maximum absolute atomic E-state index is 12.5. The molecule has 106 valence electrons. The molecule has 1 amide bonds. The number of nitrogens with two attached hydrogens (primary N) is 1. The molecule has 0 aliphatic rings. The predicted molar refractivity (Wildman–Crippen MR) is 82.7 cm³/mol. The van der Waals surface area contributed by atoms with E-state index in [4.69, 9.17) is 5.73 Å². The zero-order valence-corrected chi connectivity index (χ0v) is 12.6. The van der Waals surface area contributed by atoms with Crippen LogP contribution < -0.4 is 5.73 Å². The fourth-order valence-corrected chi connectivity index (χ4v) is 2.64. The Balaban J connectivity index is 2.16. The normalized spacial score (nSPS) is 10.5. The van der Waals surface area contributed by atoms with Crippen molar-refractivity contribution in [3.05, 3.63) is 45.9 Å². The fourth-order valence-electron chi connectivity index (χ4n) is 2.06. The standard InChI is InChI=1S/C15H19N3OS/c1-3-7-18(9-12-5-4-6-13(16)8-12)15(19)14-10-20-11(2)17-14/h4-6,8,10H,3,7,9,16H2,1-2H3. The van der Waals surface area contributed by atoms with Gasteiger partial charge in [-0.3, -0.25) is 4.79 Å². The molecular formula is C15H19N3OS. The van der Waals surface area contributed by atoms with Crippen LogP contribution in [-0.4, -0.2) is 22.3 Å². The van der Waals surface area contributed by atoms with Crippen molar-refractivity contribution in [1.29, 1.82) is 0 Å². The highest BCUT2D eigenvalue weighted by molar-refractivity contribution is 7.09. The number of carbonyl (C=O) groups excluding carboxylic acids is 1. The Bertz CT molecular complexity index is 594. The summed E-state index contributed by atoms with van der Waals surface area (Å²) < 4.78 is 0. The lowest BCUT2D eigenvalue weighted by Gasteiger charge is -2.21. The third-order valence-electron chi connectivity index (χ3n) is 2.94. The maximum atomic E-state index is 12.5. The minimum absolute atomic E-state index is 0.0152. The van der Waals surface area contributed by atoms with Crippen LogP contribution in [0.2, 0.25) is 0 Å². The quantitative estimate of drug-likeness (QED) is 0.860. The van der Waals surface area contributed by atoms with Crippen molar-refractivity contribution in [3.63, 3.8) is 0 Å². The number of thiazole rings is 1. The Morgan fingerprint density at radius 1 is 1.45 bits per heavy atom. The minimum atomic E-state index is -0.0152. The van der Waals surface area contributed by atoms with Gasteiger partial charge in [-0.25, -0.2) is 4.98 Å². The monoisotopic (exact) mass is 289 g/mol. The number of hydrogen-bond acceptors (Lipinski definition) is 4. The zero-order chi connectivity index (χ0) is 14.5.